The molecule has 0 saturated heterocycles. The van der Waals surface area contributed by atoms with E-state index in [1.807, 2.05) is 22.9 Å². The molecule has 27 heavy (non-hydrogen) atoms. The van der Waals surface area contributed by atoms with Gasteiger partial charge in [-0.15, -0.1) is 0 Å². The Kier molecular flexibility index (Phi) is 4.95. The lowest BCUT2D eigenvalue weighted by atomic mass is 9.86. The third kappa shape index (κ3) is 3.25. The molecule has 7 nitrogen and oxygen atoms in total. The summed E-state index contributed by atoms with van der Waals surface area (Å²) in [6, 6.07) is 3.70. The van der Waals surface area contributed by atoms with E-state index in [4.69, 9.17) is 4.74 Å². The summed E-state index contributed by atoms with van der Waals surface area (Å²) in [5.74, 6) is -0.0510. The fourth-order valence-electron chi connectivity index (χ4n) is 4.04. The summed E-state index contributed by atoms with van der Waals surface area (Å²) in [7, 11) is 0. The van der Waals surface area contributed by atoms with Gasteiger partial charge in [0.05, 0.1) is 18.8 Å². The van der Waals surface area contributed by atoms with Crippen molar-refractivity contribution in [1.29, 1.82) is 0 Å². The van der Waals surface area contributed by atoms with Gasteiger partial charge in [-0.25, -0.2) is 0 Å². The number of nitrogens with one attached hydrogen (secondary N) is 1. The molecule has 2 atom stereocenters. The molecular weight excluding hydrogens is 344 g/mol. The molecule has 0 radical (unpaired) electrons. The molecule has 1 N–H and O–H groups in total. The molecule has 0 unspecified atom stereocenters. The molecule has 0 aromatic carbocycles. The third-order valence-electron chi connectivity index (χ3n) is 5.79. The van der Waals surface area contributed by atoms with E-state index in [1.54, 1.807) is 16.7 Å². The molecule has 4 rings (SSSR count). The molecular formula is C20H28N4O3. The first-order valence-corrected chi connectivity index (χ1v) is 9.95. The van der Waals surface area contributed by atoms with Crippen LogP contribution >= 0.6 is 0 Å². The summed E-state index contributed by atoms with van der Waals surface area (Å²) in [6.45, 7) is 6.56. The maximum atomic E-state index is 13.0. The highest BCUT2D eigenvalue weighted by atomic mass is 16.5. The van der Waals surface area contributed by atoms with Gasteiger partial charge in [0.2, 0.25) is 0 Å². The molecule has 1 aromatic heterocycles. The van der Waals surface area contributed by atoms with Crippen LogP contribution in [-0.4, -0.2) is 47.3 Å². The molecule has 3 aliphatic rings. The lowest BCUT2D eigenvalue weighted by Crippen LogP contribution is -2.57. The van der Waals surface area contributed by atoms with Crippen molar-refractivity contribution in [3.05, 3.63) is 40.1 Å². The van der Waals surface area contributed by atoms with Crippen molar-refractivity contribution in [3.8, 4) is 0 Å². The number of hydrogen-bond acceptors (Lipinski definition) is 5. The van der Waals surface area contributed by atoms with Crippen LogP contribution in [0.5, 0.6) is 0 Å². The largest absolute Gasteiger partial charge is 0.376 e. The molecule has 1 fully saturated rings. The maximum absolute atomic E-state index is 13.0. The van der Waals surface area contributed by atoms with Crippen LogP contribution in [0.4, 0.5) is 5.69 Å². The van der Waals surface area contributed by atoms with E-state index in [0.717, 1.165) is 38.0 Å². The van der Waals surface area contributed by atoms with Gasteiger partial charge in [-0.1, -0.05) is 13.3 Å². The van der Waals surface area contributed by atoms with E-state index in [0.29, 0.717) is 31.1 Å². The average Bonchev–Trinajstić information content (AvgIpc) is 3.06. The predicted molar refractivity (Wildman–Crippen MR) is 104 cm³/mol. The number of anilines is 1. The van der Waals surface area contributed by atoms with Crippen LogP contribution in [0.2, 0.25) is 0 Å². The highest BCUT2D eigenvalue weighted by Gasteiger charge is 2.41. The van der Waals surface area contributed by atoms with Gasteiger partial charge in [0.1, 0.15) is 11.4 Å². The normalized spacial score (nSPS) is 24.4. The molecule has 1 saturated carbocycles. The summed E-state index contributed by atoms with van der Waals surface area (Å²) in [5.41, 5.74) is 2.02. The smallest absolute Gasteiger partial charge is 0.275 e. The van der Waals surface area contributed by atoms with Crippen LogP contribution in [-0.2, 0) is 11.3 Å². The van der Waals surface area contributed by atoms with Gasteiger partial charge >= 0.3 is 0 Å². The van der Waals surface area contributed by atoms with Crippen molar-refractivity contribution in [1.82, 2.24) is 14.8 Å². The maximum Gasteiger partial charge on any atom is 0.275 e. The minimum atomic E-state index is -0.0994. The number of carbonyl (C=O) groups excluding carboxylic acids is 1. The second-order valence-corrected chi connectivity index (χ2v) is 7.58. The summed E-state index contributed by atoms with van der Waals surface area (Å²) >= 11 is 0. The second kappa shape index (κ2) is 7.38. The van der Waals surface area contributed by atoms with Crippen molar-refractivity contribution < 1.29 is 9.53 Å². The number of unbranched alkanes of at least 4 members (excludes halogenated alkanes) is 1. The van der Waals surface area contributed by atoms with Crippen LogP contribution in [0.3, 0.4) is 0 Å². The highest BCUT2D eigenvalue weighted by Crippen LogP contribution is 2.31. The molecule has 0 spiro atoms. The topological polar surface area (TPSA) is 66.8 Å². The minimum Gasteiger partial charge on any atom is -0.376 e. The Bertz CT molecular complexity index is 816. The first-order valence-electron chi connectivity index (χ1n) is 9.95. The molecule has 2 aliphatic heterocycles. The van der Waals surface area contributed by atoms with Gasteiger partial charge in [-0.3, -0.25) is 9.59 Å². The Morgan fingerprint density at radius 3 is 2.74 bits per heavy atom. The fourth-order valence-corrected chi connectivity index (χ4v) is 4.04. The first kappa shape index (κ1) is 18.1. The van der Waals surface area contributed by atoms with E-state index in [1.165, 1.54) is 0 Å². The van der Waals surface area contributed by atoms with Crippen molar-refractivity contribution in [3.63, 3.8) is 0 Å². The summed E-state index contributed by atoms with van der Waals surface area (Å²) in [4.78, 5) is 29.8. The molecule has 1 aromatic rings. The van der Waals surface area contributed by atoms with E-state index < -0.39 is 0 Å². The zero-order valence-corrected chi connectivity index (χ0v) is 16.1. The zero-order valence-electron chi connectivity index (χ0n) is 16.1. The van der Waals surface area contributed by atoms with Crippen LogP contribution in [0.1, 0.15) is 50.0 Å². The molecule has 1 aliphatic carbocycles. The SMILES string of the molecule is CCCCO[C@H]1CC[C@H]1N1CCn2c(ccc(N3C=C(C)NC3)c2=O)C1=O. The van der Waals surface area contributed by atoms with Crippen molar-refractivity contribution in [2.24, 2.45) is 0 Å². The number of fused-ring (bicyclic) bond motifs is 1. The fraction of sp³-hybridized carbons (Fsp3) is 0.600. The molecule has 1 amide bonds. The van der Waals surface area contributed by atoms with Crippen LogP contribution in [0.25, 0.3) is 0 Å². The molecule has 146 valence electrons. The Morgan fingerprint density at radius 2 is 2.07 bits per heavy atom. The number of nitrogens with zero attached hydrogens (tertiary/aromatic N) is 3. The molecule has 3 heterocycles. The van der Waals surface area contributed by atoms with E-state index in [2.05, 4.69) is 12.2 Å². The van der Waals surface area contributed by atoms with Gasteiger partial charge in [-0.05, 0) is 38.3 Å². The van der Waals surface area contributed by atoms with Gasteiger partial charge in [0, 0.05) is 31.6 Å². The Labute approximate surface area is 159 Å². The lowest BCUT2D eigenvalue weighted by Gasteiger charge is -2.45. The minimum absolute atomic E-state index is 0.0510. The standard InChI is InChI=1S/C20H28N4O3/c1-3-4-11-27-18-8-7-15(18)23-9-10-24-17(20(23)26)6-5-16(19(24)25)22-12-14(2)21-13-22/h5-6,12,15,18,21H,3-4,7-11,13H2,1-2H3/t15-,18+/m1/s1. The van der Waals surface area contributed by atoms with Crippen molar-refractivity contribution in [2.75, 3.05) is 24.7 Å². The summed E-state index contributed by atoms with van der Waals surface area (Å²) < 4.78 is 7.58. The van der Waals surface area contributed by atoms with E-state index >= 15 is 0 Å². The van der Waals surface area contributed by atoms with Crippen molar-refractivity contribution in [2.45, 2.75) is 58.2 Å². The third-order valence-corrected chi connectivity index (χ3v) is 5.79. The van der Waals surface area contributed by atoms with Crippen LogP contribution in [0, 0.1) is 0 Å². The van der Waals surface area contributed by atoms with Crippen LogP contribution < -0.4 is 15.8 Å². The van der Waals surface area contributed by atoms with Crippen molar-refractivity contribution >= 4 is 11.6 Å². The van der Waals surface area contributed by atoms with E-state index in [-0.39, 0.29) is 23.6 Å². The number of pyridine rings is 1. The predicted octanol–water partition coefficient (Wildman–Crippen LogP) is 1.88. The number of hydrogen-bond donors (Lipinski definition) is 1. The monoisotopic (exact) mass is 372 g/mol. The van der Waals surface area contributed by atoms with E-state index in [9.17, 15) is 9.59 Å². The zero-order chi connectivity index (χ0) is 19.0. The van der Waals surface area contributed by atoms with Gasteiger partial charge in [-0.2, -0.15) is 0 Å². The second-order valence-electron chi connectivity index (χ2n) is 7.58. The number of allylic oxidation sites excluding steroid dienone is 1. The van der Waals surface area contributed by atoms with Gasteiger partial charge in [0.25, 0.3) is 11.5 Å². The first-order chi connectivity index (χ1) is 13.1. The Balaban J connectivity index is 1.52. The molecule has 7 heteroatoms. The number of ether oxygens (including phenoxy) is 1. The summed E-state index contributed by atoms with van der Waals surface area (Å²) in [5, 5.41) is 3.20. The number of amides is 1. The summed E-state index contributed by atoms with van der Waals surface area (Å²) in [6.07, 6.45) is 6.22. The Morgan fingerprint density at radius 1 is 1.22 bits per heavy atom. The number of aromatic nitrogens is 1. The highest BCUT2D eigenvalue weighted by molar-refractivity contribution is 5.94. The average molecular weight is 372 g/mol. The quantitative estimate of drug-likeness (QED) is 0.773. The lowest BCUT2D eigenvalue weighted by molar-refractivity contribution is -0.0654. The number of rotatable bonds is 6. The van der Waals surface area contributed by atoms with Crippen LogP contribution in [0.15, 0.2) is 28.8 Å². The van der Waals surface area contributed by atoms with Gasteiger partial charge in [0.15, 0.2) is 0 Å². The molecule has 0 bridgehead atoms. The number of carbonyl (C=O) groups is 1. The Hall–Kier alpha value is -2.28. The van der Waals surface area contributed by atoms with Gasteiger partial charge < -0.3 is 24.4 Å².